The van der Waals surface area contributed by atoms with Crippen molar-refractivity contribution in [3.8, 4) is 0 Å². The van der Waals surface area contributed by atoms with Crippen molar-refractivity contribution in [1.29, 1.82) is 0 Å². The van der Waals surface area contributed by atoms with Crippen LogP contribution >= 0.6 is 0 Å². The van der Waals surface area contributed by atoms with E-state index >= 15 is 0 Å². The molecule has 0 amide bonds. The van der Waals surface area contributed by atoms with E-state index < -0.39 is 5.95 Å². The summed E-state index contributed by atoms with van der Waals surface area (Å²) in [5, 5.41) is 1.23. The lowest BCUT2D eigenvalue weighted by atomic mass is 10.1. The molecule has 3 N–H and O–H groups in total. The van der Waals surface area contributed by atoms with Gasteiger partial charge in [0.1, 0.15) is 0 Å². The number of hydrogen-bond donors (Lipinski definition) is 2. The third kappa shape index (κ3) is 4.19. The Bertz CT molecular complexity index is 784. The first-order valence-electron chi connectivity index (χ1n) is 8.35. The number of fused-ring (bicyclic) bond motifs is 1. The second-order valence-corrected chi connectivity index (χ2v) is 6.02. The van der Waals surface area contributed by atoms with Gasteiger partial charge in [-0.25, -0.2) is 4.98 Å². The van der Waals surface area contributed by atoms with E-state index in [2.05, 4.69) is 33.2 Å². The van der Waals surface area contributed by atoms with E-state index in [0.717, 1.165) is 37.1 Å². The van der Waals surface area contributed by atoms with Crippen LogP contribution in [-0.2, 0) is 13.1 Å². The summed E-state index contributed by atoms with van der Waals surface area (Å²) in [6, 6.07) is 13.2. The number of hydrogen-bond acceptors (Lipinski definition) is 3. The van der Waals surface area contributed by atoms with Crippen molar-refractivity contribution in [2.45, 2.75) is 25.9 Å². The summed E-state index contributed by atoms with van der Waals surface area (Å²) in [4.78, 5) is 9.60. The number of unbranched alkanes of at least 4 members (excludes halogenated alkanes) is 1. The second kappa shape index (κ2) is 8.04. The Kier molecular flexibility index (Phi) is 5.56. The number of pyridine rings is 1. The zero-order valence-electron chi connectivity index (χ0n) is 13.7. The zero-order chi connectivity index (χ0) is 16.8. The van der Waals surface area contributed by atoms with E-state index in [1.807, 2.05) is 18.2 Å². The Morgan fingerprint density at radius 2 is 1.92 bits per heavy atom. The highest BCUT2D eigenvalue weighted by Crippen LogP contribution is 2.20. The Labute approximate surface area is 141 Å². The van der Waals surface area contributed by atoms with Crippen LogP contribution in [0, 0.1) is 5.95 Å². The van der Waals surface area contributed by atoms with Crippen molar-refractivity contribution < 1.29 is 4.39 Å². The molecule has 5 heteroatoms. The predicted octanol–water partition coefficient (Wildman–Crippen LogP) is 3.44. The number of aromatic nitrogens is 2. The third-order valence-electron chi connectivity index (χ3n) is 4.16. The molecule has 3 aromatic rings. The molecule has 3 rings (SSSR count). The van der Waals surface area contributed by atoms with E-state index in [4.69, 9.17) is 5.73 Å². The van der Waals surface area contributed by atoms with Gasteiger partial charge in [-0.3, -0.25) is 4.90 Å². The average molecular weight is 326 g/mol. The topological polar surface area (TPSA) is 57.9 Å². The molecule has 0 aliphatic rings. The minimum absolute atomic E-state index is 0.429. The molecule has 2 heterocycles. The van der Waals surface area contributed by atoms with Gasteiger partial charge in [-0.1, -0.05) is 24.3 Å². The van der Waals surface area contributed by atoms with Crippen LogP contribution in [0.4, 0.5) is 4.39 Å². The van der Waals surface area contributed by atoms with Crippen LogP contribution in [0.25, 0.3) is 10.9 Å². The number of nitrogens with one attached hydrogen (secondary N) is 1. The highest BCUT2D eigenvalue weighted by atomic mass is 19.1. The van der Waals surface area contributed by atoms with Crippen LogP contribution < -0.4 is 5.73 Å². The summed E-state index contributed by atoms with van der Waals surface area (Å²) >= 11 is 0. The Hall–Kier alpha value is -2.24. The molecule has 0 saturated heterocycles. The monoisotopic (exact) mass is 326 g/mol. The highest BCUT2D eigenvalue weighted by molar-refractivity contribution is 5.82. The first-order chi connectivity index (χ1) is 11.8. The van der Waals surface area contributed by atoms with Crippen LogP contribution in [0.2, 0.25) is 0 Å². The van der Waals surface area contributed by atoms with Crippen LogP contribution in [-0.4, -0.2) is 28.0 Å². The van der Waals surface area contributed by atoms with Crippen molar-refractivity contribution >= 4 is 10.9 Å². The van der Waals surface area contributed by atoms with Gasteiger partial charge < -0.3 is 10.7 Å². The van der Waals surface area contributed by atoms with Gasteiger partial charge in [0.05, 0.1) is 5.69 Å². The fourth-order valence-electron chi connectivity index (χ4n) is 2.96. The number of nitrogens with zero attached hydrogens (tertiary/aromatic N) is 2. The number of benzene rings is 1. The van der Waals surface area contributed by atoms with Gasteiger partial charge in [0.25, 0.3) is 0 Å². The van der Waals surface area contributed by atoms with Gasteiger partial charge in [0.2, 0.25) is 5.95 Å². The van der Waals surface area contributed by atoms with Gasteiger partial charge in [-0.15, -0.1) is 0 Å². The molecule has 0 saturated carbocycles. The van der Waals surface area contributed by atoms with Crippen molar-refractivity contribution in [3.05, 3.63) is 65.9 Å². The minimum Gasteiger partial charge on any atom is -0.361 e. The maximum atomic E-state index is 13.4. The van der Waals surface area contributed by atoms with Gasteiger partial charge in [-0.05, 0) is 49.7 Å². The summed E-state index contributed by atoms with van der Waals surface area (Å²) in [6.45, 7) is 3.03. The lowest BCUT2D eigenvalue weighted by Gasteiger charge is -2.21. The summed E-state index contributed by atoms with van der Waals surface area (Å²) < 4.78 is 13.4. The van der Waals surface area contributed by atoms with E-state index in [-0.39, 0.29) is 0 Å². The summed E-state index contributed by atoms with van der Waals surface area (Å²) in [5.41, 5.74) is 8.75. The predicted molar refractivity (Wildman–Crippen MR) is 94.9 cm³/mol. The highest BCUT2D eigenvalue weighted by Gasteiger charge is 2.11. The molecule has 4 nitrogen and oxygen atoms in total. The molecule has 2 aromatic heterocycles. The quantitative estimate of drug-likeness (QED) is 0.492. The molecule has 0 radical (unpaired) electrons. The molecule has 1 aromatic carbocycles. The van der Waals surface area contributed by atoms with E-state index in [0.29, 0.717) is 13.1 Å². The van der Waals surface area contributed by atoms with Crippen LogP contribution in [0.1, 0.15) is 24.1 Å². The molecule has 126 valence electrons. The van der Waals surface area contributed by atoms with Crippen LogP contribution in [0.5, 0.6) is 0 Å². The first kappa shape index (κ1) is 16.6. The van der Waals surface area contributed by atoms with Crippen molar-refractivity contribution in [1.82, 2.24) is 14.9 Å². The normalized spacial score (nSPS) is 11.5. The van der Waals surface area contributed by atoms with Crippen LogP contribution in [0.15, 0.2) is 48.7 Å². The zero-order valence-corrected chi connectivity index (χ0v) is 13.7. The number of rotatable bonds is 8. The standard InChI is InChI=1S/C19H23FN4/c20-19-9-5-6-16(23-19)14-24(11-4-3-10-21)13-15-12-22-18-8-2-1-7-17(15)18/h1-2,5-9,12,22H,3-4,10-11,13-14,21H2. The molecule has 0 bridgehead atoms. The molecular weight excluding hydrogens is 303 g/mol. The van der Waals surface area contributed by atoms with E-state index in [1.54, 1.807) is 6.07 Å². The number of para-hydroxylation sites is 1. The number of H-pyrrole nitrogens is 1. The Morgan fingerprint density at radius 1 is 1.04 bits per heavy atom. The smallest absolute Gasteiger partial charge is 0.213 e. The summed E-state index contributed by atoms with van der Waals surface area (Å²) in [5.74, 6) is -0.429. The Morgan fingerprint density at radius 3 is 2.75 bits per heavy atom. The lowest BCUT2D eigenvalue weighted by molar-refractivity contribution is 0.249. The van der Waals surface area contributed by atoms with Crippen molar-refractivity contribution in [3.63, 3.8) is 0 Å². The SMILES string of the molecule is NCCCCN(Cc1cccc(F)n1)Cc1c[nH]c2ccccc12. The molecule has 0 aliphatic carbocycles. The number of nitrogens with two attached hydrogens (primary N) is 1. The fourth-order valence-corrected chi connectivity index (χ4v) is 2.96. The maximum Gasteiger partial charge on any atom is 0.213 e. The summed E-state index contributed by atoms with van der Waals surface area (Å²) in [6.07, 6.45) is 4.06. The van der Waals surface area contributed by atoms with Crippen LogP contribution in [0.3, 0.4) is 0 Å². The molecule has 0 unspecified atom stereocenters. The van der Waals surface area contributed by atoms with Gasteiger partial charge >= 0.3 is 0 Å². The molecule has 0 aliphatic heterocycles. The van der Waals surface area contributed by atoms with Crippen molar-refractivity contribution in [2.24, 2.45) is 5.73 Å². The summed E-state index contributed by atoms with van der Waals surface area (Å²) in [7, 11) is 0. The van der Waals surface area contributed by atoms with Gasteiger partial charge in [0, 0.05) is 30.2 Å². The maximum absolute atomic E-state index is 13.4. The minimum atomic E-state index is -0.429. The molecule has 0 atom stereocenters. The largest absolute Gasteiger partial charge is 0.361 e. The lowest BCUT2D eigenvalue weighted by Crippen LogP contribution is -2.25. The average Bonchev–Trinajstić information content (AvgIpc) is 2.98. The Balaban J connectivity index is 1.76. The van der Waals surface area contributed by atoms with E-state index in [9.17, 15) is 4.39 Å². The number of halogens is 1. The van der Waals surface area contributed by atoms with Gasteiger partial charge in [0.15, 0.2) is 0 Å². The fraction of sp³-hybridized carbons (Fsp3) is 0.316. The molecule has 0 fully saturated rings. The molecule has 24 heavy (non-hydrogen) atoms. The first-order valence-corrected chi connectivity index (χ1v) is 8.35. The number of aromatic amines is 1. The molecule has 0 spiro atoms. The van der Waals surface area contributed by atoms with Crippen molar-refractivity contribution in [2.75, 3.05) is 13.1 Å². The third-order valence-corrected chi connectivity index (χ3v) is 4.16. The van der Waals surface area contributed by atoms with Gasteiger partial charge in [-0.2, -0.15) is 4.39 Å². The van der Waals surface area contributed by atoms with E-state index in [1.165, 1.54) is 17.0 Å². The second-order valence-electron chi connectivity index (χ2n) is 6.02. The molecular formula is C19H23FN4.